The van der Waals surface area contributed by atoms with Gasteiger partial charge in [-0.2, -0.15) is 0 Å². The molecule has 0 bridgehead atoms. The minimum atomic E-state index is -1.04. The summed E-state index contributed by atoms with van der Waals surface area (Å²) < 4.78 is 10.7. The summed E-state index contributed by atoms with van der Waals surface area (Å²) in [6.45, 7) is 0. The molecule has 0 radical (unpaired) electrons. The molecule has 10 heteroatoms. The molecule has 4 aromatic rings. The van der Waals surface area contributed by atoms with Crippen LogP contribution in [0.5, 0.6) is 11.5 Å². The van der Waals surface area contributed by atoms with Gasteiger partial charge in [-0.05, 0) is 29.3 Å². The van der Waals surface area contributed by atoms with Crippen molar-refractivity contribution in [3.05, 3.63) is 128 Å². The maximum Gasteiger partial charge on any atom is 0.345 e. The fourth-order valence-electron chi connectivity index (χ4n) is 3.49. The molecule has 178 valence electrons. The topological polar surface area (TPSA) is 139 Å². The number of rotatable bonds is 7. The highest BCUT2D eigenvalue weighted by Crippen LogP contribution is 2.32. The molecule has 0 aliphatic heterocycles. The Kier molecular flexibility index (Phi) is 6.78. The average molecular weight is 484 g/mol. The van der Waals surface area contributed by atoms with E-state index in [1.165, 1.54) is 60.7 Å². The van der Waals surface area contributed by atoms with Crippen molar-refractivity contribution >= 4 is 23.3 Å². The van der Waals surface area contributed by atoms with Crippen LogP contribution in [0.2, 0.25) is 0 Å². The molecule has 10 nitrogen and oxygen atoms in total. The lowest BCUT2D eigenvalue weighted by Crippen LogP contribution is -2.19. The second-order valence-corrected chi connectivity index (χ2v) is 7.32. The Morgan fingerprint density at radius 1 is 0.583 bits per heavy atom. The quantitative estimate of drug-likeness (QED) is 0.143. The molecule has 0 fully saturated rings. The molecular formula is C26H16N2O8. The molecule has 0 spiro atoms. The summed E-state index contributed by atoms with van der Waals surface area (Å²) >= 11 is 0. The van der Waals surface area contributed by atoms with Crippen LogP contribution >= 0.6 is 0 Å². The van der Waals surface area contributed by atoms with E-state index in [9.17, 15) is 29.8 Å². The van der Waals surface area contributed by atoms with Crippen LogP contribution in [-0.4, -0.2) is 21.8 Å². The molecule has 0 aliphatic rings. The summed E-state index contributed by atoms with van der Waals surface area (Å²) in [5.74, 6) is -2.71. The normalized spacial score (nSPS) is 10.3. The Labute approximate surface area is 203 Å². The average Bonchev–Trinajstić information content (AvgIpc) is 2.89. The summed E-state index contributed by atoms with van der Waals surface area (Å²) in [7, 11) is 0. The molecule has 0 saturated heterocycles. The van der Waals surface area contributed by atoms with Gasteiger partial charge in [0, 0.05) is 12.1 Å². The Bertz CT molecular complexity index is 1480. The molecule has 36 heavy (non-hydrogen) atoms. The lowest BCUT2D eigenvalue weighted by Gasteiger charge is -2.14. The van der Waals surface area contributed by atoms with Gasteiger partial charge in [-0.1, -0.05) is 66.7 Å². The number of carbonyl (C=O) groups is 2. The highest BCUT2D eigenvalue weighted by atomic mass is 16.6. The number of para-hydroxylation sites is 4. The second-order valence-electron chi connectivity index (χ2n) is 7.32. The number of benzene rings is 4. The minimum absolute atomic E-state index is 0.217. The highest BCUT2D eigenvalue weighted by molar-refractivity contribution is 6.09. The summed E-state index contributed by atoms with van der Waals surface area (Å²) in [5.41, 5.74) is -0.465. The lowest BCUT2D eigenvalue weighted by molar-refractivity contribution is -0.385. The van der Waals surface area contributed by atoms with Gasteiger partial charge in [0.2, 0.25) is 11.5 Å². The number of nitro benzene ring substituents is 2. The zero-order chi connectivity index (χ0) is 25.7. The molecule has 0 aromatic heterocycles. The lowest BCUT2D eigenvalue weighted by atomic mass is 9.95. The van der Waals surface area contributed by atoms with Gasteiger partial charge in [0.25, 0.3) is 0 Å². The van der Waals surface area contributed by atoms with Crippen LogP contribution in [0.1, 0.15) is 20.7 Å². The van der Waals surface area contributed by atoms with E-state index >= 15 is 0 Å². The SMILES string of the molecule is O=C(Oc1ccccc1[N+](=O)[O-])c1cccc(-c2ccccc2)c1C(=O)Oc1ccccc1[N+](=O)[O-]. The van der Waals surface area contributed by atoms with Crippen molar-refractivity contribution in [3.8, 4) is 22.6 Å². The van der Waals surface area contributed by atoms with Crippen molar-refractivity contribution < 1.29 is 28.9 Å². The molecule has 0 unspecified atom stereocenters. The first-order valence-electron chi connectivity index (χ1n) is 10.5. The first-order chi connectivity index (χ1) is 17.4. The van der Waals surface area contributed by atoms with Crippen LogP contribution in [-0.2, 0) is 0 Å². The Morgan fingerprint density at radius 3 is 1.64 bits per heavy atom. The van der Waals surface area contributed by atoms with Gasteiger partial charge in [0.1, 0.15) is 0 Å². The molecule has 0 atom stereocenters. The Hall–Kier alpha value is -5.38. The molecule has 4 rings (SSSR count). The number of nitro groups is 2. The van der Waals surface area contributed by atoms with Crippen molar-refractivity contribution in [2.75, 3.05) is 0 Å². The maximum atomic E-state index is 13.4. The zero-order valence-electron chi connectivity index (χ0n) is 18.4. The third-order valence-corrected chi connectivity index (χ3v) is 5.10. The Morgan fingerprint density at radius 2 is 1.08 bits per heavy atom. The standard InChI is InChI=1S/C26H16N2O8/c29-25(35-22-15-6-4-13-20(22)27(31)32)19-12-8-11-18(17-9-2-1-3-10-17)24(19)26(30)36-23-16-7-5-14-21(23)28(33)34/h1-16H. The van der Waals surface area contributed by atoms with Gasteiger partial charge in [-0.15, -0.1) is 0 Å². The Balaban J connectivity index is 1.81. The van der Waals surface area contributed by atoms with Crippen LogP contribution in [0.25, 0.3) is 11.1 Å². The molecule has 0 heterocycles. The summed E-state index contributed by atoms with van der Waals surface area (Å²) in [5, 5.41) is 22.7. The predicted molar refractivity (Wildman–Crippen MR) is 128 cm³/mol. The van der Waals surface area contributed by atoms with E-state index < -0.39 is 33.2 Å². The third-order valence-electron chi connectivity index (χ3n) is 5.10. The van der Waals surface area contributed by atoms with Crippen LogP contribution in [0, 0.1) is 20.2 Å². The van der Waals surface area contributed by atoms with Crippen molar-refractivity contribution in [2.45, 2.75) is 0 Å². The number of hydrogen-bond donors (Lipinski definition) is 0. The molecule has 4 aromatic carbocycles. The van der Waals surface area contributed by atoms with E-state index in [1.807, 2.05) is 0 Å². The van der Waals surface area contributed by atoms with E-state index in [0.717, 1.165) is 0 Å². The van der Waals surface area contributed by atoms with Gasteiger partial charge in [-0.25, -0.2) is 9.59 Å². The van der Waals surface area contributed by atoms with E-state index in [2.05, 4.69) is 0 Å². The molecule has 0 aliphatic carbocycles. The van der Waals surface area contributed by atoms with Gasteiger partial charge >= 0.3 is 23.3 Å². The van der Waals surface area contributed by atoms with Crippen LogP contribution in [0.3, 0.4) is 0 Å². The number of nitrogens with zero attached hydrogens (tertiary/aromatic N) is 2. The largest absolute Gasteiger partial charge is 0.416 e. The molecule has 0 saturated carbocycles. The highest BCUT2D eigenvalue weighted by Gasteiger charge is 2.28. The summed E-state index contributed by atoms with van der Waals surface area (Å²) in [4.78, 5) is 47.8. The number of carbonyl (C=O) groups excluding carboxylic acids is 2. The van der Waals surface area contributed by atoms with Crippen molar-refractivity contribution in [3.63, 3.8) is 0 Å². The fourth-order valence-corrected chi connectivity index (χ4v) is 3.49. The first kappa shape index (κ1) is 23.8. The summed E-state index contributed by atoms with van der Waals surface area (Å²) in [6, 6.07) is 23.6. The monoisotopic (exact) mass is 484 g/mol. The van der Waals surface area contributed by atoms with Gasteiger partial charge in [0.15, 0.2) is 0 Å². The number of hydrogen-bond acceptors (Lipinski definition) is 8. The van der Waals surface area contributed by atoms with Crippen molar-refractivity contribution in [2.24, 2.45) is 0 Å². The maximum absolute atomic E-state index is 13.4. The van der Waals surface area contributed by atoms with Gasteiger partial charge < -0.3 is 9.47 Å². The van der Waals surface area contributed by atoms with Crippen LogP contribution in [0.15, 0.2) is 97.1 Å². The molecule has 0 N–H and O–H groups in total. The van der Waals surface area contributed by atoms with Crippen molar-refractivity contribution in [1.82, 2.24) is 0 Å². The van der Waals surface area contributed by atoms with Crippen molar-refractivity contribution in [1.29, 1.82) is 0 Å². The van der Waals surface area contributed by atoms with Gasteiger partial charge in [-0.3, -0.25) is 20.2 Å². The van der Waals surface area contributed by atoms with E-state index in [1.54, 1.807) is 36.4 Å². The second kappa shape index (κ2) is 10.3. The number of ether oxygens (including phenoxy) is 2. The minimum Gasteiger partial charge on any atom is -0.416 e. The zero-order valence-corrected chi connectivity index (χ0v) is 18.4. The van der Waals surface area contributed by atoms with E-state index in [-0.39, 0.29) is 22.6 Å². The van der Waals surface area contributed by atoms with E-state index in [0.29, 0.717) is 11.1 Å². The fraction of sp³-hybridized carbons (Fsp3) is 0. The first-order valence-corrected chi connectivity index (χ1v) is 10.5. The summed E-state index contributed by atoms with van der Waals surface area (Å²) in [6.07, 6.45) is 0. The van der Waals surface area contributed by atoms with Crippen LogP contribution in [0.4, 0.5) is 11.4 Å². The molecule has 0 amide bonds. The smallest absolute Gasteiger partial charge is 0.345 e. The van der Waals surface area contributed by atoms with Crippen LogP contribution < -0.4 is 9.47 Å². The van der Waals surface area contributed by atoms with E-state index in [4.69, 9.17) is 9.47 Å². The van der Waals surface area contributed by atoms with Gasteiger partial charge in [0.05, 0.1) is 21.0 Å². The molecular weight excluding hydrogens is 468 g/mol. The predicted octanol–water partition coefficient (Wildman–Crippen LogP) is 5.61. The third kappa shape index (κ3) is 4.92. The number of esters is 2.